The Labute approximate surface area is 103 Å². The highest BCUT2D eigenvalue weighted by Gasteiger charge is 2.13. The summed E-state index contributed by atoms with van der Waals surface area (Å²) in [6, 6.07) is 0.0388. The summed E-state index contributed by atoms with van der Waals surface area (Å²) >= 11 is 1.58. The van der Waals surface area contributed by atoms with Crippen molar-refractivity contribution in [1.29, 1.82) is 0 Å². The molecule has 0 aliphatic rings. The molecule has 1 unspecified atom stereocenters. The van der Waals surface area contributed by atoms with Gasteiger partial charge in [0.05, 0.1) is 13.2 Å². The summed E-state index contributed by atoms with van der Waals surface area (Å²) in [6.07, 6.45) is 3.17. The van der Waals surface area contributed by atoms with E-state index < -0.39 is 0 Å². The Morgan fingerprint density at radius 2 is 2.24 bits per heavy atom. The van der Waals surface area contributed by atoms with Crippen LogP contribution in [0.4, 0.5) is 11.5 Å². The molecule has 6 nitrogen and oxygen atoms in total. The van der Waals surface area contributed by atoms with Gasteiger partial charge in [-0.15, -0.1) is 11.3 Å². The van der Waals surface area contributed by atoms with Crippen molar-refractivity contribution in [2.45, 2.75) is 13.0 Å². The lowest BCUT2D eigenvalue weighted by Gasteiger charge is -2.14. The number of nitrogens with one attached hydrogen (secondary N) is 1. The summed E-state index contributed by atoms with van der Waals surface area (Å²) in [7, 11) is 1.52. The fourth-order valence-electron chi connectivity index (χ4n) is 1.37. The number of aromatic nitrogens is 3. The molecule has 0 saturated heterocycles. The van der Waals surface area contributed by atoms with Gasteiger partial charge < -0.3 is 15.8 Å². The number of thiazole rings is 1. The SMILES string of the molecule is COc1ncnc(NC(C)c2nccs2)c1N. The highest BCUT2D eigenvalue weighted by atomic mass is 32.1. The number of nitrogen functional groups attached to an aromatic ring is 1. The van der Waals surface area contributed by atoms with Crippen LogP contribution in [0.15, 0.2) is 17.9 Å². The lowest BCUT2D eigenvalue weighted by atomic mass is 10.3. The quantitative estimate of drug-likeness (QED) is 0.860. The smallest absolute Gasteiger partial charge is 0.242 e. The van der Waals surface area contributed by atoms with Crippen LogP contribution in [0, 0.1) is 0 Å². The third-order valence-electron chi connectivity index (χ3n) is 2.22. The van der Waals surface area contributed by atoms with Crippen molar-refractivity contribution in [3.8, 4) is 5.88 Å². The van der Waals surface area contributed by atoms with E-state index >= 15 is 0 Å². The Morgan fingerprint density at radius 3 is 2.88 bits per heavy atom. The molecule has 0 spiro atoms. The van der Waals surface area contributed by atoms with Gasteiger partial charge in [0.15, 0.2) is 5.82 Å². The van der Waals surface area contributed by atoms with Gasteiger partial charge in [-0.2, -0.15) is 4.98 Å². The molecule has 2 heterocycles. The summed E-state index contributed by atoms with van der Waals surface area (Å²) in [5.74, 6) is 0.924. The largest absolute Gasteiger partial charge is 0.479 e. The first-order valence-corrected chi connectivity index (χ1v) is 5.90. The molecule has 0 aromatic carbocycles. The maximum Gasteiger partial charge on any atom is 0.242 e. The molecule has 3 N–H and O–H groups in total. The number of rotatable bonds is 4. The molecule has 0 radical (unpaired) electrons. The van der Waals surface area contributed by atoms with Gasteiger partial charge in [0.1, 0.15) is 17.0 Å². The molecule has 2 aromatic rings. The Hall–Kier alpha value is -1.89. The summed E-state index contributed by atoms with van der Waals surface area (Å²) in [4.78, 5) is 12.2. The molecule has 90 valence electrons. The highest BCUT2D eigenvalue weighted by molar-refractivity contribution is 7.09. The molecule has 1 atom stereocenters. The first-order chi connectivity index (χ1) is 8.22. The first-order valence-electron chi connectivity index (χ1n) is 5.02. The van der Waals surface area contributed by atoms with Gasteiger partial charge in [0, 0.05) is 11.6 Å². The number of anilines is 2. The molecule has 0 fully saturated rings. The summed E-state index contributed by atoms with van der Waals surface area (Å²) in [6.45, 7) is 1.99. The van der Waals surface area contributed by atoms with E-state index in [1.165, 1.54) is 13.4 Å². The van der Waals surface area contributed by atoms with E-state index in [4.69, 9.17) is 10.5 Å². The third-order valence-corrected chi connectivity index (χ3v) is 3.17. The lowest BCUT2D eigenvalue weighted by Crippen LogP contribution is -2.10. The summed E-state index contributed by atoms with van der Waals surface area (Å²) in [5.41, 5.74) is 6.27. The average molecular weight is 251 g/mol. The molecule has 2 aromatic heterocycles. The molecule has 0 aliphatic heterocycles. The second kappa shape index (κ2) is 4.96. The molecule has 0 aliphatic carbocycles. The molecule has 0 bridgehead atoms. The van der Waals surface area contributed by atoms with Crippen molar-refractivity contribution < 1.29 is 4.74 Å². The van der Waals surface area contributed by atoms with Crippen molar-refractivity contribution in [2.75, 3.05) is 18.2 Å². The second-order valence-electron chi connectivity index (χ2n) is 3.38. The zero-order chi connectivity index (χ0) is 12.3. The van der Waals surface area contributed by atoms with Crippen LogP contribution in [-0.4, -0.2) is 22.1 Å². The van der Waals surface area contributed by atoms with Gasteiger partial charge in [0.25, 0.3) is 0 Å². The average Bonchev–Trinajstić information content (AvgIpc) is 2.85. The van der Waals surface area contributed by atoms with Gasteiger partial charge in [-0.05, 0) is 6.92 Å². The van der Waals surface area contributed by atoms with Gasteiger partial charge >= 0.3 is 0 Å². The van der Waals surface area contributed by atoms with Crippen molar-refractivity contribution in [2.24, 2.45) is 0 Å². The molecule has 0 saturated carbocycles. The van der Waals surface area contributed by atoms with Gasteiger partial charge in [-0.25, -0.2) is 9.97 Å². The Morgan fingerprint density at radius 1 is 1.41 bits per heavy atom. The number of nitrogens with zero attached hydrogens (tertiary/aromatic N) is 3. The Bertz CT molecular complexity index is 487. The molecule has 2 rings (SSSR count). The van der Waals surface area contributed by atoms with Crippen molar-refractivity contribution in [1.82, 2.24) is 15.0 Å². The molecule has 17 heavy (non-hydrogen) atoms. The van der Waals surface area contributed by atoms with Crippen LogP contribution >= 0.6 is 11.3 Å². The van der Waals surface area contributed by atoms with Gasteiger partial charge in [0.2, 0.25) is 5.88 Å². The highest BCUT2D eigenvalue weighted by Crippen LogP contribution is 2.27. The molecule has 7 heteroatoms. The number of ether oxygens (including phenoxy) is 1. The topological polar surface area (TPSA) is 86.0 Å². The van der Waals surface area contributed by atoms with Crippen molar-refractivity contribution in [3.05, 3.63) is 22.9 Å². The fraction of sp³-hybridized carbons (Fsp3) is 0.300. The fourth-order valence-corrected chi connectivity index (χ4v) is 2.02. The zero-order valence-electron chi connectivity index (χ0n) is 9.54. The molecular weight excluding hydrogens is 238 g/mol. The van der Waals surface area contributed by atoms with E-state index in [1.807, 2.05) is 12.3 Å². The molecule has 0 amide bonds. The van der Waals surface area contributed by atoms with Crippen molar-refractivity contribution in [3.63, 3.8) is 0 Å². The van der Waals surface area contributed by atoms with Crippen molar-refractivity contribution >= 4 is 22.8 Å². The first kappa shape index (κ1) is 11.6. The summed E-state index contributed by atoms with van der Waals surface area (Å²) in [5, 5.41) is 6.08. The molecular formula is C10H13N5OS. The van der Waals surface area contributed by atoms with E-state index in [-0.39, 0.29) is 6.04 Å². The van der Waals surface area contributed by atoms with Crippen LogP contribution in [0.2, 0.25) is 0 Å². The monoisotopic (exact) mass is 251 g/mol. The Kier molecular flexibility index (Phi) is 3.38. The predicted octanol–water partition coefficient (Wildman–Crippen LogP) is 1.70. The van der Waals surface area contributed by atoms with E-state index in [0.717, 1.165) is 5.01 Å². The Balaban J connectivity index is 2.19. The minimum atomic E-state index is 0.0388. The van der Waals surface area contributed by atoms with Crippen LogP contribution in [0.3, 0.4) is 0 Å². The van der Waals surface area contributed by atoms with E-state index in [9.17, 15) is 0 Å². The number of nitrogens with two attached hydrogens (primary N) is 1. The number of methoxy groups -OCH3 is 1. The maximum absolute atomic E-state index is 5.87. The standard InChI is InChI=1S/C10H13N5OS/c1-6(10-12-3-4-17-10)15-8-7(11)9(16-2)14-5-13-8/h3-6H,11H2,1-2H3,(H,13,14,15). The van der Waals surface area contributed by atoms with Crippen LogP contribution in [0.5, 0.6) is 5.88 Å². The minimum absolute atomic E-state index is 0.0388. The normalized spacial score (nSPS) is 12.1. The lowest BCUT2D eigenvalue weighted by molar-refractivity contribution is 0.399. The third kappa shape index (κ3) is 2.44. The minimum Gasteiger partial charge on any atom is -0.479 e. The van der Waals surface area contributed by atoms with E-state index in [0.29, 0.717) is 17.4 Å². The van der Waals surface area contributed by atoms with E-state index in [2.05, 4.69) is 20.3 Å². The number of hydrogen-bond donors (Lipinski definition) is 2. The van der Waals surface area contributed by atoms with Gasteiger partial charge in [-0.3, -0.25) is 0 Å². The maximum atomic E-state index is 5.87. The summed E-state index contributed by atoms with van der Waals surface area (Å²) < 4.78 is 5.03. The van der Waals surface area contributed by atoms with Crippen LogP contribution < -0.4 is 15.8 Å². The van der Waals surface area contributed by atoms with Crippen LogP contribution in [-0.2, 0) is 0 Å². The van der Waals surface area contributed by atoms with Crippen LogP contribution in [0.25, 0.3) is 0 Å². The zero-order valence-corrected chi connectivity index (χ0v) is 10.4. The predicted molar refractivity (Wildman–Crippen MR) is 67.1 cm³/mol. The van der Waals surface area contributed by atoms with E-state index in [1.54, 1.807) is 17.5 Å². The van der Waals surface area contributed by atoms with Crippen LogP contribution in [0.1, 0.15) is 18.0 Å². The number of hydrogen-bond acceptors (Lipinski definition) is 7. The van der Waals surface area contributed by atoms with Gasteiger partial charge in [-0.1, -0.05) is 0 Å². The second-order valence-corrected chi connectivity index (χ2v) is 4.31.